The Morgan fingerprint density at radius 3 is 0.935 bits per heavy atom. The van der Waals surface area contributed by atoms with Gasteiger partial charge in [0.2, 0.25) is 0 Å². The van der Waals surface area contributed by atoms with Gasteiger partial charge in [-0.15, -0.1) is 0 Å². The lowest BCUT2D eigenvalue weighted by molar-refractivity contribution is -0.138. The summed E-state index contributed by atoms with van der Waals surface area (Å²) in [4.78, 5) is 0. The van der Waals surface area contributed by atoms with E-state index < -0.39 is 23.5 Å². The van der Waals surface area contributed by atoms with Gasteiger partial charge in [0.15, 0.2) is 0 Å². The average molecular weight is 617 g/mol. The molecule has 0 saturated heterocycles. The summed E-state index contributed by atoms with van der Waals surface area (Å²) in [5.74, 6) is 0. The molecule has 0 fully saturated rings. The maximum atomic E-state index is 13.3. The van der Waals surface area contributed by atoms with Crippen LogP contribution in [-0.2, 0) is 12.4 Å². The molecular weight excluding hydrogens is 594 g/mol. The van der Waals surface area contributed by atoms with Gasteiger partial charge in [0.25, 0.3) is 0 Å². The second kappa shape index (κ2) is 10.1. The third-order valence-corrected chi connectivity index (χ3v) is 8.89. The molecule has 0 amide bonds. The highest BCUT2D eigenvalue weighted by molar-refractivity contribution is 6.39. The molecule has 0 bridgehead atoms. The summed E-state index contributed by atoms with van der Waals surface area (Å²) in [5.41, 5.74) is 1.53. The lowest BCUT2D eigenvalue weighted by Gasteiger charge is -2.18. The third kappa shape index (κ3) is 4.47. The summed E-state index contributed by atoms with van der Waals surface area (Å²) in [5, 5.41) is 10.1. The predicted molar refractivity (Wildman–Crippen MR) is 175 cm³/mol. The van der Waals surface area contributed by atoms with Crippen LogP contribution in [0.4, 0.5) is 26.3 Å². The molecular formula is C40H22F6. The summed E-state index contributed by atoms with van der Waals surface area (Å²) in [6, 6.07) is 38.7. The van der Waals surface area contributed by atoms with Gasteiger partial charge in [0.1, 0.15) is 0 Å². The van der Waals surface area contributed by atoms with Crippen molar-refractivity contribution in [1.29, 1.82) is 0 Å². The van der Waals surface area contributed by atoms with E-state index in [1.54, 1.807) is 0 Å². The van der Waals surface area contributed by atoms with E-state index in [0.717, 1.165) is 89.3 Å². The van der Waals surface area contributed by atoms with Crippen molar-refractivity contribution in [2.45, 2.75) is 12.4 Å². The molecule has 0 aliphatic rings. The Bertz CT molecular complexity index is 2290. The predicted octanol–water partition coefficient (Wildman–Crippen LogP) is 12.8. The molecule has 8 rings (SSSR count). The smallest absolute Gasteiger partial charge is 0.166 e. The van der Waals surface area contributed by atoms with Gasteiger partial charge in [-0.25, -0.2) is 0 Å². The van der Waals surface area contributed by atoms with Crippen molar-refractivity contribution >= 4 is 53.9 Å². The molecule has 224 valence electrons. The summed E-state index contributed by atoms with van der Waals surface area (Å²) in [7, 11) is 0. The van der Waals surface area contributed by atoms with Crippen molar-refractivity contribution in [3.63, 3.8) is 0 Å². The first-order valence-corrected chi connectivity index (χ1v) is 14.7. The van der Waals surface area contributed by atoms with Gasteiger partial charge in [-0.2, -0.15) is 26.3 Å². The molecule has 0 heterocycles. The summed E-state index contributed by atoms with van der Waals surface area (Å²) >= 11 is 0. The summed E-state index contributed by atoms with van der Waals surface area (Å²) in [6.45, 7) is 0. The minimum absolute atomic E-state index is 0.672. The fourth-order valence-electron chi connectivity index (χ4n) is 6.74. The Hall–Kier alpha value is -5.36. The van der Waals surface area contributed by atoms with Gasteiger partial charge in [-0.3, -0.25) is 0 Å². The molecule has 0 saturated carbocycles. The average Bonchev–Trinajstić information content (AvgIpc) is 3.07. The van der Waals surface area contributed by atoms with Crippen molar-refractivity contribution < 1.29 is 26.3 Å². The number of hydrogen-bond donors (Lipinski definition) is 0. The van der Waals surface area contributed by atoms with Gasteiger partial charge >= 0.3 is 12.4 Å². The highest BCUT2D eigenvalue weighted by atomic mass is 19.4. The molecule has 0 spiro atoms. The molecule has 0 atom stereocenters. The molecule has 46 heavy (non-hydrogen) atoms. The Labute approximate surface area is 259 Å². The number of benzene rings is 8. The van der Waals surface area contributed by atoms with Crippen LogP contribution in [0.1, 0.15) is 11.1 Å². The fraction of sp³-hybridized carbons (Fsp3) is 0.0500. The van der Waals surface area contributed by atoms with Crippen molar-refractivity contribution in [1.82, 2.24) is 0 Å². The van der Waals surface area contributed by atoms with E-state index in [2.05, 4.69) is 24.3 Å². The normalized spacial score (nSPS) is 12.6. The Kier molecular flexibility index (Phi) is 6.16. The lowest BCUT2D eigenvalue weighted by Crippen LogP contribution is -2.04. The van der Waals surface area contributed by atoms with Gasteiger partial charge in [-0.05, 0) is 113 Å². The minimum atomic E-state index is -4.42. The molecule has 0 unspecified atom stereocenters. The highest BCUT2D eigenvalue weighted by Crippen LogP contribution is 2.45. The monoisotopic (exact) mass is 616 g/mol. The van der Waals surface area contributed by atoms with Crippen LogP contribution in [0, 0.1) is 0 Å². The second-order valence-electron chi connectivity index (χ2n) is 11.5. The molecule has 8 aromatic rings. The second-order valence-corrected chi connectivity index (χ2v) is 11.5. The zero-order valence-electron chi connectivity index (χ0n) is 24.0. The van der Waals surface area contributed by atoms with E-state index in [-0.39, 0.29) is 0 Å². The summed E-state index contributed by atoms with van der Waals surface area (Å²) < 4.78 is 79.7. The van der Waals surface area contributed by atoms with E-state index >= 15 is 0 Å². The van der Waals surface area contributed by atoms with Crippen LogP contribution in [0.3, 0.4) is 0 Å². The van der Waals surface area contributed by atoms with E-state index in [0.29, 0.717) is 11.1 Å². The van der Waals surface area contributed by atoms with E-state index in [1.165, 1.54) is 24.3 Å². The highest BCUT2D eigenvalue weighted by Gasteiger charge is 2.31. The zero-order chi connectivity index (χ0) is 31.8. The van der Waals surface area contributed by atoms with Gasteiger partial charge in [-0.1, -0.05) is 97.1 Å². The zero-order valence-corrected chi connectivity index (χ0v) is 24.0. The van der Waals surface area contributed by atoms with Crippen LogP contribution >= 0.6 is 0 Å². The maximum absolute atomic E-state index is 13.3. The van der Waals surface area contributed by atoms with Crippen molar-refractivity contribution in [2.75, 3.05) is 0 Å². The number of hydrogen-bond acceptors (Lipinski definition) is 0. The van der Waals surface area contributed by atoms with Crippen LogP contribution < -0.4 is 0 Å². The fourth-order valence-corrected chi connectivity index (χ4v) is 6.74. The van der Waals surface area contributed by atoms with Crippen LogP contribution in [0.5, 0.6) is 0 Å². The standard InChI is InChI=1S/C40H22F6/c41-39(42,43)27-15-9-23(10-16-27)25-13-19-31-29-5-1-3-7-33(29)37-36-22-26(24-11-17-28(18-12-24)40(44,45)46)14-20-32(36)30-6-2-4-8-34(30)38(37)35(31)21-25/h1-22H. The first-order chi connectivity index (χ1) is 22.1. The Balaban J connectivity index is 1.47. The largest absolute Gasteiger partial charge is 0.416 e. The maximum Gasteiger partial charge on any atom is 0.416 e. The first kappa shape index (κ1) is 28.1. The Morgan fingerprint density at radius 2 is 0.587 bits per heavy atom. The quantitative estimate of drug-likeness (QED) is 0.134. The van der Waals surface area contributed by atoms with Gasteiger partial charge in [0, 0.05) is 0 Å². The first-order valence-electron chi connectivity index (χ1n) is 14.7. The van der Waals surface area contributed by atoms with Crippen LogP contribution in [0.15, 0.2) is 133 Å². The van der Waals surface area contributed by atoms with E-state index in [1.807, 2.05) is 60.7 Å². The lowest BCUT2D eigenvalue weighted by atomic mass is 9.85. The van der Waals surface area contributed by atoms with Gasteiger partial charge < -0.3 is 0 Å². The molecule has 0 aliphatic carbocycles. The minimum Gasteiger partial charge on any atom is -0.166 e. The molecule has 0 radical (unpaired) electrons. The van der Waals surface area contributed by atoms with E-state index in [4.69, 9.17) is 0 Å². The number of alkyl halides is 6. The van der Waals surface area contributed by atoms with Crippen molar-refractivity contribution in [2.24, 2.45) is 0 Å². The van der Waals surface area contributed by atoms with Crippen LogP contribution in [-0.4, -0.2) is 0 Å². The SMILES string of the molecule is FC(F)(F)c1ccc(-c2ccc3c4ccccc4c4c5cc(-c6ccc(C(F)(F)F)cc6)ccc5c5ccccc5c4c3c2)cc1. The topological polar surface area (TPSA) is 0 Å². The van der Waals surface area contributed by atoms with Crippen LogP contribution in [0.25, 0.3) is 76.1 Å². The molecule has 0 aliphatic heterocycles. The molecule has 8 aromatic carbocycles. The van der Waals surface area contributed by atoms with Crippen molar-refractivity contribution in [3.8, 4) is 22.3 Å². The molecule has 6 heteroatoms. The van der Waals surface area contributed by atoms with Crippen LogP contribution in [0.2, 0.25) is 0 Å². The number of rotatable bonds is 2. The summed E-state index contributed by atoms with van der Waals surface area (Å²) in [6.07, 6.45) is -8.84. The third-order valence-electron chi connectivity index (χ3n) is 8.89. The van der Waals surface area contributed by atoms with E-state index in [9.17, 15) is 26.3 Å². The van der Waals surface area contributed by atoms with Crippen molar-refractivity contribution in [3.05, 3.63) is 145 Å². The van der Waals surface area contributed by atoms with Gasteiger partial charge in [0.05, 0.1) is 11.1 Å². The molecule has 0 aromatic heterocycles. The number of fused-ring (bicyclic) bond motifs is 11. The molecule has 0 N–H and O–H groups in total. The molecule has 0 nitrogen and oxygen atoms in total. The number of halogens is 6. The Morgan fingerprint density at radius 1 is 0.283 bits per heavy atom.